The van der Waals surface area contributed by atoms with Gasteiger partial charge in [-0.15, -0.1) is 0 Å². The number of rotatable bonds is 6. The lowest BCUT2D eigenvalue weighted by atomic mass is 9.99. The number of hydrogen-bond acceptors (Lipinski definition) is 4. The maximum atomic E-state index is 12.3. The Labute approximate surface area is 169 Å². The van der Waals surface area contributed by atoms with Gasteiger partial charge in [0.05, 0.1) is 10.9 Å². The average Bonchev–Trinajstić information content (AvgIpc) is 2.74. The van der Waals surface area contributed by atoms with Gasteiger partial charge in [-0.2, -0.15) is 0 Å². The molecule has 1 aliphatic rings. The van der Waals surface area contributed by atoms with Crippen LogP contribution < -0.4 is 17.0 Å². The summed E-state index contributed by atoms with van der Waals surface area (Å²) in [5, 5.41) is 0.390. The van der Waals surface area contributed by atoms with E-state index in [-0.39, 0.29) is 5.69 Å². The number of benzene rings is 2. The van der Waals surface area contributed by atoms with E-state index in [4.69, 9.17) is 5.73 Å². The molecular weight excluding hydrogens is 364 g/mol. The maximum absolute atomic E-state index is 12.3. The summed E-state index contributed by atoms with van der Waals surface area (Å²) in [5.74, 6) is 0. The predicted octanol–water partition coefficient (Wildman–Crippen LogP) is 2.84. The maximum Gasteiger partial charge on any atom is 0.328 e. The van der Waals surface area contributed by atoms with Crippen LogP contribution in [0.2, 0.25) is 0 Å². The lowest BCUT2D eigenvalue weighted by molar-refractivity contribution is 0.292. The number of aromatic nitrogens is 2. The zero-order chi connectivity index (χ0) is 20.2. The fourth-order valence-corrected chi connectivity index (χ4v) is 4.02. The van der Waals surface area contributed by atoms with E-state index in [2.05, 4.69) is 40.2 Å². The number of nitrogen functional groups attached to an aromatic ring is 1. The summed E-state index contributed by atoms with van der Waals surface area (Å²) in [6, 6.07) is 15.8. The van der Waals surface area contributed by atoms with Crippen LogP contribution >= 0.6 is 0 Å². The number of H-pyrrole nitrogens is 1. The molecule has 0 atom stereocenters. The van der Waals surface area contributed by atoms with Gasteiger partial charge in [-0.1, -0.05) is 42.5 Å². The SMILES string of the molecule is Nc1cccc2c1c(=O)[nH]c(=O)n2CCCCN1CC=C(c2ccccc2)CC1. The van der Waals surface area contributed by atoms with Crippen LogP contribution in [0.5, 0.6) is 0 Å². The molecule has 3 aromatic rings. The zero-order valence-electron chi connectivity index (χ0n) is 16.4. The molecule has 0 bridgehead atoms. The first-order valence-corrected chi connectivity index (χ1v) is 10.1. The fraction of sp³-hybridized carbons (Fsp3) is 0.304. The quantitative estimate of drug-likeness (QED) is 0.501. The van der Waals surface area contributed by atoms with Gasteiger partial charge in [0, 0.05) is 25.3 Å². The second-order valence-electron chi connectivity index (χ2n) is 7.51. The molecule has 0 spiro atoms. The minimum Gasteiger partial charge on any atom is -0.398 e. The van der Waals surface area contributed by atoms with Gasteiger partial charge in [0.15, 0.2) is 0 Å². The first kappa shape index (κ1) is 19.2. The first-order valence-electron chi connectivity index (χ1n) is 10.1. The third-order valence-corrected chi connectivity index (χ3v) is 5.60. The molecule has 2 heterocycles. The van der Waals surface area contributed by atoms with Gasteiger partial charge in [0.2, 0.25) is 0 Å². The van der Waals surface area contributed by atoms with Crippen LogP contribution in [-0.2, 0) is 6.54 Å². The monoisotopic (exact) mass is 390 g/mol. The molecule has 29 heavy (non-hydrogen) atoms. The van der Waals surface area contributed by atoms with Crippen molar-refractivity contribution in [1.29, 1.82) is 0 Å². The predicted molar refractivity (Wildman–Crippen MR) is 118 cm³/mol. The molecule has 0 unspecified atom stereocenters. The molecule has 0 radical (unpaired) electrons. The van der Waals surface area contributed by atoms with Gasteiger partial charge in [-0.25, -0.2) is 4.79 Å². The number of aromatic amines is 1. The molecule has 3 N–H and O–H groups in total. The summed E-state index contributed by atoms with van der Waals surface area (Å²) < 4.78 is 1.62. The van der Waals surface area contributed by atoms with Crippen molar-refractivity contribution in [3.8, 4) is 0 Å². The molecular formula is C23H26N4O2. The van der Waals surface area contributed by atoms with E-state index in [0.717, 1.165) is 38.9 Å². The highest BCUT2D eigenvalue weighted by Gasteiger charge is 2.13. The molecule has 1 aliphatic heterocycles. The number of hydrogen-bond donors (Lipinski definition) is 2. The van der Waals surface area contributed by atoms with Crippen molar-refractivity contribution in [2.45, 2.75) is 25.8 Å². The zero-order valence-corrected chi connectivity index (χ0v) is 16.4. The van der Waals surface area contributed by atoms with E-state index >= 15 is 0 Å². The van der Waals surface area contributed by atoms with Crippen LogP contribution in [0.3, 0.4) is 0 Å². The van der Waals surface area contributed by atoms with Crippen molar-refractivity contribution in [2.24, 2.45) is 0 Å². The van der Waals surface area contributed by atoms with Crippen LogP contribution in [0.4, 0.5) is 5.69 Å². The Morgan fingerprint density at radius 1 is 0.966 bits per heavy atom. The third-order valence-electron chi connectivity index (χ3n) is 5.60. The second kappa shape index (κ2) is 8.49. The Morgan fingerprint density at radius 2 is 1.76 bits per heavy atom. The van der Waals surface area contributed by atoms with Crippen molar-refractivity contribution in [3.63, 3.8) is 0 Å². The lowest BCUT2D eigenvalue weighted by Gasteiger charge is -2.26. The lowest BCUT2D eigenvalue weighted by Crippen LogP contribution is -2.32. The molecule has 6 heteroatoms. The molecule has 0 amide bonds. The summed E-state index contributed by atoms with van der Waals surface area (Å²) in [6.45, 7) is 3.58. The van der Waals surface area contributed by atoms with Crippen molar-refractivity contribution in [1.82, 2.24) is 14.5 Å². The van der Waals surface area contributed by atoms with Gasteiger partial charge in [-0.3, -0.25) is 19.2 Å². The summed E-state index contributed by atoms with van der Waals surface area (Å²) in [4.78, 5) is 29.2. The van der Waals surface area contributed by atoms with E-state index in [1.807, 2.05) is 6.07 Å². The molecule has 0 fully saturated rings. The molecule has 2 aromatic carbocycles. The summed E-state index contributed by atoms with van der Waals surface area (Å²) in [5.41, 5.74) is 8.87. The standard InChI is InChI=1S/C23H26N4O2/c24-19-9-6-10-20-21(19)22(28)25-23(29)27(20)14-5-4-13-26-15-11-18(12-16-26)17-7-2-1-3-8-17/h1-3,6-11H,4-5,12-16,24H2,(H,25,28,29). The van der Waals surface area contributed by atoms with Gasteiger partial charge in [0.1, 0.15) is 0 Å². The van der Waals surface area contributed by atoms with E-state index in [0.29, 0.717) is 23.1 Å². The molecule has 0 saturated carbocycles. The van der Waals surface area contributed by atoms with Crippen molar-refractivity contribution in [3.05, 3.63) is 81.0 Å². The molecule has 0 saturated heterocycles. The highest BCUT2D eigenvalue weighted by molar-refractivity contribution is 5.89. The Kier molecular flexibility index (Phi) is 5.62. The van der Waals surface area contributed by atoms with Crippen LogP contribution in [0.25, 0.3) is 16.5 Å². The topological polar surface area (TPSA) is 84.1 Å². The average molecular weight is 390 g/mol. The van der Waals surface area contributed by atoms with Gasteiger partial charge >= 0.3 is 5.69 Å². The smallest absolute Gasteiger partial charge is 0.328 e. The number of fused-ring (bicyclic) bond motifs is 1. The van der Waals surface area contributed by atoms with Gasteiger partial charge in [0.25, 0.3) is 5.56 Å². The number of nitrogens with two attached hydrogens (primary N) is 1. The normalized spacial score (nSPS) is 14.8. The summed E-state index contributed by atoms with van der Waals surface area (Å²) in [6.07, 6.45) is 5.24. The minimum atomic E-state index is -0.423. The Balaban J connectivity index is 1.35. The third kappa shape index (κ3) is 4.17. The molecule has 4 rings (SSSR count). The minimum absolute atomic E-state index is 0.374. The number of unbranched alkanes of at least 4 members (excludes halogenated alkanes) is 1. The largest absolute Gasteiger partial charge is 0.398 e. The Morgan fingerprint density at radius 3 is 2.52 bits per heavy atom. The fourth-order valence-electron chi connectivity index (χ4n) is 4.02. The van der Waals surface area contributed by atoms with Crippen molar-refractivity contribution >= 4 is 22.2 Å². The van der Waals surface area contributed by atoms with Crippen molar-refractivity contribution < 1.29 is 0 Å². The van der Waals surface area contributed by atoms with Crippen molar-refractivity contribution in [2.75, 3.05) is 25.4 Å². The van der Waals surface area contributed by atoms with Crippen LogP contribution in [0, 0.1) is 0 Å². The summed E-state index contributed by atoms with van der Waals surface area (Å²) >= 11 is 0. The van der Waals surface area contributed by atoms with E-state index in [9.17, 15) is 9.59 Å². The highest BCUT2D eigenvalue weighted by Crippen LogP contribution is 2.22. The molecule has 6 nitrogen and oxygen atoms in total. The number of nitrogens with one attached hydrogen (secondary N) is 1. The molecule has 0 aliphatic carbocycles. The number of aryl methyl sites for hydroxylation is 1. The van der Waals surface area contributed by atoms with Gasteiger partial charge < -0.3 is 5.73 Å². The Hall–Kier alpha value is -3.12. The van der Waals surface area contributed by atoms with Crippen LogP contribution in [0.15, 0.2) is 64.2 Å². The van der Waals surface area contributed by atoms with Crippen LogP contribution in [-0.4, -0.2) is 34.1 Å². The number of anilines is 1. The first-order chi connectivity index (χ1) is 14.1. The van der Waals surface area contributed by atoms with Gasteiger partial charge in [-0.05, 0) is 49.1 Å². The van der Waals surface area contributed by atoms with E-state index in [1.165, 1.54) is 11.1 Å². The second-order valence-corrected chi connectivity index (χ2v) is 7.51. The molecule has 1 aromatic heterocycles. The molecule has 150 valence electrons. The summed E-state index contributed by atoms with van der Waals surface area (Å²) in [7, 11) is 0. The highest BCUT2D eigenvalue weighted by atomic mass is 16.2. The van der Waals surface area contributed by atoms with Crippen LogP contribution in [0.1, 0.15) is 24.8 Å². The van der Waals surface area contributed by atoms with E-state index < -0.39 is 5.56 Å². The Bertz CT molecular complexity index is 1140. The number of nitrogens with zero attached hydrogens (tertiary/aromatic N) is 2. The van der Waals surface area contributed by atoms with E-state index in [1.54, 1.807) is 22.8 Å².